The molecular weight excluding hydrogens is 378 g/mol. The van der Waals surface area contributed by atoms with Crippen molar-refractivity contribution >= 4 is 39.3 Å². The van der Waals surface area contributed by atoms with Crippen LogP contribution in [0.5, 0.6) is 0 Å². The molecule has 5 rings (SSSR count). The summed E-state index contributed by atoms with van der Waals surface area (Å²) in [5, 5.41) is 13.4. The van der Waals surface area contributed by atoms with Crippen LogP contribution in [0.25, 0.3) is 33.1 Å². The summed E-state index contributed by atoms with van der Waals surface area (Å²) in [6.07, 6.45) is 7.28. The van der Waals surface area contributed by atoms with Gasteiger partial charge in [0.1, 0.15) is 11.3 Å². The average Bonchev–Trinajstić information content (AvgIpc) is 3.54. The van der Waals surface area contributed by atoms with Crippen LogP contribution in [0.4, 0.5) is 11.5 Å². The molecule has 1 amide bonds. The number of nitrogen functional groups attached to an aromatic ring is 1. The van der Waals surface area contributed by atoms with Gasteiger partial charge in [0.2, 0.25) is 5.91 Å². The Hall–Kier alpha value is -4.12. The number of nitrogens with one attached hydrogen (secondary N) is 1. The summed E-state index contributed by atoms with van der Waals surface area (Å²) in [5.74, 6) is -0.187. The van der Waals surface area contributed by atoms with Crippen molar-refractivity contribution in [3.8, 4) is 17.2 Å². The normalized spacial score (nSPS) is 17.6. The molecule has 8 heteroatoms. The van der Waals surface area contributed by atoms with Crippen molar-refractivity contribution in [1.29, 1.82) is 5.26 Å². The number of benzene rings is 1. The molecule has 0 saturated heterocycles. The van der Waals surface area contributed by atoms with Crippen LogP contribution in [0.2, 0.25) is 0 Å². The third kappa shape index (κ3) is 2.97. The van der Waals surface area contributed by atoms with Crippen LogP contribution in [-0.4, -0.2) is 25.8 Å². The maximum atomic E-state index is 12.3. The Bertz CT molecular complexity index is 1380. The van der Waals surface area contributed by atoms with Gasteiger partial charge in [-0.1, -0.05) is 0 Å². The van der Waals surface area contributed by atoms with E-state index in [4.69, 9.17) is 11.0 Å². The maximum Gasteiger partial charge on any atom is 0.230 e. The minimum Gasteiger partial charge on any atom is -0.398 e. The highest BCUT2D eigenvalue weighted by molar-refractivity contribution is 6.00. The second-order valence-corrected chi connectivity index (χ2v) is 7.45. The van der Waals surface area contributed by atoms with Gasteiger partial charge in [0.15, 0.2) is 5.65 Å². The Balaban J connectivity index is 1.55. The Morgan fingerprint density at radius 2 is 2.00 bits per heavy atom. The molecule has 0 bridgehead atoms. The molecule has 1 aromatic carbocycles. The number of aryl methyl sites for hydroxylation is 1. The maximum absolute atomic E-state index is 12.3. The average molecular weight is 395 g/mol. The lowest BCUT2D eigenvalue weighted by Crippen LogP contribution is -2.15. The van der Waals surface area contributed by atoms with E-state index < -0.39 is 0 Å². The molecule has 1 saturated carbocycles. The molecule has 0 radical (unpaired) electrons. The van der Waals surface area contributed by atoms with Crippen molar-refractivity contribution < 1.29 is 4.79 Å². The van der Waals surface area contributed by atoms with Gasteiger partial charge < -0.3 is 11.1 Å². The number of carbonyl (C=O) groups is 1. The number of anilines is 2. The molecule has 3 N–H and O–H groups in total. The van der Waals surface area contributed by atoms with Gasteiger partial charge in [-0.15, -0.1) is 0 Å². The zero-order chi connectivity index (χ0) is 20.8. The van der Waals surface area contributed by atoms with Crippen LogP contribution in [0.15, 0.2) is 43.0 Å². The molecule has 3 heterocycles. The van der Waals surface area contributed by atoms with E-state index in [1.807, 2.05) is 19.1 Å². The summed E-state index contributed by atoms with van der Waals surface area (Å²) in [6, 6.07) is 7.79. The second kappa shape index (κ2) is 6.74. The van der Waals surface area contributed by atoms with Gasteiger partial charge >= 0.3 is 0 Å². The molecule has 3 aromatic heterocycles. The highest BCUT2D eigenvalue weighted by Crippen LogP contribution is 2.38. The molecule has 1 fully saturated rings. The minimum absolute atomic E-state index is 0.175. The molecule has 8 nitrogen and oxygen atoms in total. The quantitative estimate of drug-likeness (QED) is 0.509. The van der Waals surface area contributed by atoms with Crippen molar-refractivity contribution in [2.24, 2.45) is 11.8 Å². The fourth-order valence-corrected chi connectivity index (χ4v) is 3.69. The Morgan fingerprint density at radius 1 is 1.17 bits per heavy atom. The summed E-state index contributed by atoms with van der Waals surface area (Å²) >= 11 is 0. The summed E-state index contributed by atoms with van der Waals surface area (Å²) in [5.41, 5.74) is 11.0. The first-order valence-electron chi connectivity index (χ1n) is 9.51. The van der Waals surface area contributed by atoms with E-state index in [-0.39, 0.29) is 17.7 Å². The van der Waals surface area contributed by atoms with Crippen LogP contribution in [0.1, 0.15) is 12.0 Å². The number of carbonyl (C=O) groups excluding carboxylic acids is 1. The van der Waals surface area contributed by atoms with Crippen molar-refractivity contribution in [3.05, 3.63) is 48.5 Å². The van der Waals surface area contributed by atoms with Crippen molar-refractivity contribution in [2.45, 2.75) is 13.3 Å². The Labute approximate surface area is 171 Å². The summed E-state index contributed by atoms with van der Waals surface area (Å²) < 4.78 is 0. The molecule has 146 valence electrons. The predicted molar refractivity (Wildman–Crippen MR) is 113 cm³/mol. The van der Waals surface area contributed by atoms with Gasteiger partial charge in [0, 0.05) is 41.4 Å². The highest BCUT2D eigenvalue weighted by atomic mass is 16.2. The van der Waals surface area contributed by atoms with Crippen LogP contribution in [0.3, 0.4) is 0 Å². The zero-order valence-corrected chi connectivity index (χ0v) is 16.1. The topological polar surface area (TPSA) is 130 Å². The standard InChI is InChI=1S/C22H17N7O/c1-11-16(9-28-21-20(11)25-2-3-26-21)12-4-13-7-19(27-10-17(13)18(24)6-12)29-22(30)15-5-14(15)8-23/h2-4,6-7,9-10,14-15H,5,24H2,1H3,(H,27,29,30)/t14-,15?/m1/s1. The number of aromatic nitrogens is 4. The number of nitrogens with two attached hydrogens (primary N) is 1. The molecule has 1 aliphatic rings. The third-order valence-electron chi connectivity index (χ3n) is 5.48. The number of rotatable bonds is 3. The molecule has 4 aromatic rings. The SMILES string of the molecule is Cc1c(-c2cc(N)c3cnc(NC(=O)C4C[C@@H]4C#N)cc3c2)cnc2nccnc12. The monoisotopic (exact) mass is 395 g/mol. The molecule has 0 aliphatic heterocycles. The number of nitrogens with zero attached hydrogens (tertiary/aromatic N) is 5. The smallest absolute Gasteiger partial charge is 0.230 e. The first-order chi connectivity index (χ1) is 14.5. The van der Waals surface area contributed by atoms with Crippen molar-refractivity contribution in [1.82, 2.24) is 19.9 Å². The molecular formula is C22H17N7O. The Kier molecular flexibility index (Phi) is 4.03. The van der Waals surface area contributed by atoms with E-state index in [2.05, 4.69) is 31.3 Å². The van der Waals surface area contributed by atoms with Crippen LogP contribution in [-0.2, 0) is 4.79 Å². The van der Waals surface area contributed by atoms with Gasteiger partial charge in [-0.3, -0.25) is 9.78 Å². The minimum atomic E-state index is -0.253. The third-order valence-corrected chi connectivity index (χ3v) is 5.48. The molecule has 1 unspecified atom stereocenters. The van der Waals surface area contributed by atoms with Crippen LogP contribution in [0, 0.1) is 30.1 Å². The first-order valence-corrected chi connectivity index (χ1v) is 9.51. The molecule has 2 atom stereocenters. The number of hydrogen-bond donors (Lipinski definition) is 2. The van der Waals surface area contributed by atoms with Crippen LogP contribution >= 0.6 is 0 Å². The summed E-state index contributed by atoms with van der Waals surface area (Å²) in [6.45, 7) is 1.98. The number of pyridine rings is 2. The molecule has 30 heavy (non-hydrogen) atoms. The Morgan fingerprint density at radius 3 is 2.80 bits per heavy atom. The lowest BCUT2D eigenvalue weighted by molar-refractivity contribution is -0.117. The van der Waals surface area contributed by atoms with E-state index in [0.29, 0.717) is 23.6 Å². The van der Waals surface area contributed by atoms with E-state index in [0.717, 1.165) is 33.0 Å². The number of fused-ring (bicyclic) bond motifs is 2. The van der Waals surface area contributed by atoms with E-state index in [1.54, 1.807) is 30.9 Å². The summed E-state index contributed by atoms with van der Waals surface area (Å²) in [7, 11) is 0. The van der Waals surface area contributed by atoms with E-state index in [9.17, 15) is 4.79 Å². The number of hydrogen-bond acceptors (Lipinski definition) is 7. The van der Waals surface area contributed by atoms with Crippen molar-refractivity contribution in [2.75, 3.05) is 11.1 Å². The van der Waals surface area contributed by atoms with E-state index in [1.165, 1.54) is 0 Å². The molecule has 0 spiro atoms. The highest BCUT2D eigenvalue weighted by Gasteiger charge is 2.43. The van der Waals surface area contributed by atoms with Gasteiger partial charge in [-0.2, -0.15) is 5.26 Å². The van der Waals surface area contributed by atoms with E-state index >= 15 is 0 Å². The van der Waals surface area contributed by atoms with Gasteiger partial charge in [0.05, 0.1) is 17.9 Å². The zero-order valence-electron chi connectivity index (χ0n) is 16.1. The van der Waals surface area contributed by atoms with Gasteiger partial charge in [0.25, 0.3) is 0 Å². The first kappa shape index (κ1) is 17.9. The van der Waals surface area contributed by atoms with Crippen molar-refractivity contribution in [3.63, 3.8) is 0 Å². The second-order valence-electron chi connectivity index (χ2n) is 7.45. The lowest BCUT2D eigenvalue weighted by atomic mass is 9.98. The largest absolute Gasteiger partial charge is 0.398 e. The van der Waals surface area contributed by atoms with Gasteiger partial charge in [-0.25, -0.2) is 15.0 Å². The van der Waals surface area contributed by atoms with Gasteiger partial charge in [-0.05, 0) is 48.1 Å². The summed E-state index contributed by atoms with van der Waals surface area (Å²) in [4.78, 5) is 29.6. The fraction of sp³-hybridized carbons (Fsp3) is 0.182. The predicted octanol–water partition coefficient (Wildman–Crippen LogP) is 3.23. The molecule has 1 aliphatic carbocycles. The van der Waals surface area contributed by atoms with Crippen LogP contribution < -0.4 is 11.1 Å². The lowest BCUT2D eigenvalue weighted by Gasteiger charge is -2.12. The number of nitriles is 1. The number of amides is 1. The fourth-order valence-electron chi connectivity index (χ4n) is 3.69.